The Balaban J connectivity index is 0.000000168. The minimum absolute atomic E-state index is 0.503. The summed E-state index contributed by atoms with van der Waals surface area (Å²) >= 11 is 10.3. The van der Waals surface area contributed by atoms with Crippen LogP contribution in [0.4, 0.5) is 0 Å². The molecule has 164 valence electrons. The van der Waals surface area contributed by atoms with Crippen molar-refractivity contribution < 1.29 is 10.0 Å². The van der Waals surface area contributed by atoms with Crippen molar-refractivity contribution in [1.82, 2.24) is 0 Å². The van der Waals surface area contributed by atoms with Crippen LogP contribution in [0.2, 0.25) is 0 Å². The summed E-state index contributed by atoms with van der Waals surface area (Å²) in [5.41, 5.74) is 2.03. The molecule has 2 fully saturated rings. The Labute approximate surface area is 207 Å². The van der Waals surface area contributed by atoms with E-state index in [1.54, 1.807) is 24.3 Å². The molecule has 30 heavy (non-hydrogen) atoms. The van der Waals surface area contributed by atoms with Gasteiger partial charge < -0.3 is 10.0 Å². The van der Waals surface area contributed by atoms with E-state index in [9.17, 15) is 0 Å². The van der Waals surface area contributed by atoms with Gasteiger partial charge in [0.25, 0.3) is 0 Å². The van der Waals surface area contributed by atoms with Crippen molar-refractivity contribution in [2.45, 2.75) is 75.0 Å². The quantitative estimate of drug-likeness (QED) is 0.279. The summed E-state index contributed by atoms with van der Waals surface area (Å²) in [5.74, 6) is 0.835. The van der Waals surface area contributed by atoms with Gasteiger partial charge in [0, 0.05) is 13.8 Å². The normalized spacial score (nSPS) is 17.2. The first-order valence-electron chi connectivity index (χ1n) is 11.0. The van der Waals surface area contributed by atoms with Crippen molar-refractivity contribution in [3.63, 3.8) is 0 Å². The van der Waals surface area contributed by atoms with E-state index in [1.165, 1.54) is 74.2 Å². The van der Waals surface area contributed by atoms with Crippen LogP contribution in [-0.2, 0) is 0 Å². The lowest BCUT2D eigenvalue weighted by molar-refractivity contribution is 0.426. The van der Waals surface area contributed by atoms with Gasteiger partial charge in [0.05, 0.1) is 0 Å². The zero-order valence-corrected chi connectivity index (χ0v) is 22.2. The molecule has 0 heterocycles. The number of benzene rings is 2. The molecule has 6 heteroatoms. The average Bonchev–Trinajstić information content (AvgIpc) is 2.77. The highest BCUT2D eigenvalue weighted by atomic mass is 79.9. The van der Waals surface area contributed by atoms with Crippen LogP contribution in [0.25, 0.3) is 0 Å². The number of alkyl halides is 1. The van der Waals surface area contributed by atoms with Crippen molar-refractivity contribution in [1.29, 1.82) is 0 Å². The van der Waals surface area contributed by atoms with Crippen molar-refractivity contribution in [2.75, 3.05) is 0 Å². The Kier molecular flexibility index (Phi) is 12.9. The highest BCUT2D eigenvalue weighted by Gasteiger charge is 2.14. The lowest BCUT2D eigenvalue weighted by Crippen LogP contribution is -2.29. The van der Waals surface area contributed by atoms with Gasteiger partial charge in [0.15, 0.2) is 0 Å². The summed E-state index contributed by atoms with van der Waals surface area (Å²) in [7, 11) is -1.37. The standard InChI is InChI=1S/C12H15Br.C6H6BBrO2.C6H11Br/c13-12-8-6-11(7-9-12)10-4-2-1-3-5-10;8-6-3-1-5(2-4-6)7(9)10;7-6-4-2-1-3-5-6/h6-10H,1-5H2;1-4,9-10H;6H,1-5H2. The first-order valence-corrected chi connectivity index (χ1v) is 13.5. The molecule has 2 saturated carbocycles. The highest BCUT2D eigenvalue weighted by Crippen LogP contribution is 2.32. The fourth-order valence-corrected chi connectivity index (χ4v) is 5.03. The molecule has 0 spiro atoms. The largest absolute Gasteiger partial charge is 0.488 e. The fourth-order valence-electron chi connectivity index (χ4n) is 3.86. The van der Waals surface area contributed by atoms with Crippen LogP contribution >= 0.6 is 47.8 Å². The van der Waals surface area contributed by atoms with Crippen LogP contribution in [0.5, 0.6) is 0 Å². The predicted octanol–water partition coefficient (Wildman–Crippen LogP) is 7.34. The maximum Gasteiger partial charge on any atom is 0.488 e. The van der Waals surface area contributed by atoms with E-state index in [2.05, 4.69) is 72.1 Å². The lowest BCUT2D eigenvalue weighted by atomic mass is 9.81. The van der Waals surface area contributed by atoms with Gasteiger partial charge in [0.2, 0.25) is 0 Å². The summed E-state index contributed by atoms with van der Waals surface area (Å²) in [6, 6.07) is 15.7. The molecule has 4 rings (SSSR count). The Hall–Kier alpha value is -0.135. The molecule has 0 unspecified atom stereocenters. The molecule has 0 bridgehead atoms. The zero-order valence-electron chi connectivity index (χ0n) is 17.5. The minimum Gasteiger partial charge on any atom is -0.423 e. The third-order valence-electron chi connectivity index (χ3n) is 5.65. The van der Waals surface area contributed by atoms with Gasteiger partial charge in [0.1, 0.15) is 0 Å². The molecule has 2 aliphatic rings. The minimum atomic E-state index is -1.37. The number of rotatable bonds is 2. The van der Waals surface area contributed by atoms with E-state index >= 15 is 0 Å². The van der Waals surface area contributed by atoms with Crippen LogP contribution in [0.3, 0.4) is 0 Å². The Morgan fingerprint density at radius 2 is 1.07 bits per heavy atom. The molecule has 2 aromatic carbocycles. The van der Waals surface area contributed by atoms with E-state index in [1.807, 2.05) is 0 Å². The molecule has 2 aromatic rings. The molecule has 2 aliphatic carbocycles. The van der Waals surface area contributed by atoms with Gasteiger partial charge >= 0.3 is 7.12 Å². The summed E-state index contributed by atoms with van der Waals surface area (Å²) in [6.45, 7) is 0. The average molecular weight is 603 g/mol. The van der Waals surface area contributed by atoms with Gasteiger partial charge in [-0.2, -0.15) is 0 Å². The number of halogens is 3. The second-order valence-electron chi connectivity index (χ2n) is 8.05. The Morgan fingerprint density at radius 3 is 1.47 bits per heavy atom. The molecule has 0 aliphatic heterocycles. The van der Waals surface area contributed by atoms with Gasteiger partial charge in [-0.1, -0.05) is 111 Å². The summed E-state index contributed by atoms with van der Waals surface area (Å²) in [4.78, 5) is 0.848. The van der Waals surface area contributed by atoms with Gasteiger partial charge in [-0.15, -0.1) is 0 Å². The van der Waals surface area contributed by atoms with Crippen LogP contribution < -0.4 is 5.46 Å². The molecule has 0 atom stereocenters. The summed E-state index contributed by atoms with van der Waals surface area (Å²) in [5, 5.41) is 17.3. The molecule has 2 N–H and O–H groups in total. The molecule has 0 aromatic heterocycles. The van der Waals surface area contributed by atoms with Gasteiger partial charge in [-0.3, -0.25) is 0 Å². The molecular formula is C24H32BBr3O2. The lowest BCUT2D eigenvalue weighted by Gasteiger charge is -2.21. The van der Waals surface area contributed by atoms with Gasteiger partial charge in [-0.25, -0.2) is 0 Å². The highest BCUT2D eigenvalue weighted by molar-refractivity contribution is 9.10. The Bertz CT molecular complexity index is 695. The maximum atomic E-state index is 8.65. The second-order valence-corrected chi connectivity index (χ2v) is 11.2. The number of hydrogen-bond acceptors (Lipinski definition) is 2. The summed E-state index contributed by atoms with van der Waals surface area (Å²) < 4.78 is 2.11. The molecule has 0 amide bonds. The maximum absolute atomic E-state index is 8.65. The van der Waals surface area contributed by atoms with Crippen molar-refractivity contribution >= 4 is 60.4 Å². The van der Waals surface area contributed by atoms with E-state index < -0.39 is 7.12 Å². The van der Waals surface area contributed by atoms with Crippen molar-refractivity contribution in [2.24, 2.45) is 0 Å². The van der Waals surface area contributed by atoms with Crippen molar-refractivity contribution in [3.8, 4) is 0 Å². The molecular weight excluding hydrogens is 571 g/mol. The predicted molar refractivity (Wildman–Crippen MR) is 140 cm³/mol. The third kappa shape index (κ3) is 10.5. The first-order chi connectivity index (χ1) is 14.5. The molecule has 0 saturated heterocycles. The first kappa shape index (κ1) is 26.1. The van der Waals surface area contributed by atoms with Crippen LogP contribution in [-0.4, -0.2) is 22.0 Å². The Morgan fingerprint density at radius 1 is 0.633 bits per heavy atom. The van der Waals surface area contributed by atoms with E-state index in [0.717, 1.165) is 15.2 Å². The molecule has 2 nitrogen and oxygen atoms in total. The van der Waals surface area contributed by atoms with Crippen molar-refractivity contribution in [3.05, 3.63) is 63.0 Å². The zero-order chi connectivity index (χ0) is 21.8. The monoisotopic (exact) mass is 600 g/mol. The van der Waals surface area contributed by atoms with E-state index in [0.29, 0.717) is 5.46 Å². The van der Waals surface area contributed by atoms with Crippen LogP contribution in [0.1, 0.15) is 75.7 Å². The molecule has 0 radical (unpaired) electrons. The van der Waals surface area contributed by atoms with Gasteiger partial charge in [-0.05, 0) is 66.9 Å². The smallest absolute Gasteiger partial charge is 0.423 e. The summed E-state index contributed by atoms with van der Waals surface area (Å²) in [6.07, 6.45) is 14.2. The topological polar surface area (TPSA) is 40.5 Å². The van der Waals surface area contributed by atoms with Crippen LogP contribution in [0, 0.1) is 0 Å². The van der Waals surface area contributed by atoms with E-state index in [4.69, 9.17) is 10.0 Å². The second kappa shape index (κ2) is 14.8. The fraction of sp³-hybridized carbons (Fsp3) is 0.500. The van der Waals surface area contributed by atoms with Crippen LogP contribution in [0.15, 0.2) is 57.5 Å². The van der Waals surface area contributed by atoms with E-state index in [-0.39, 0.29) is 0 Å². The SMILES string of the molecule is BrC1CCCCC1.Brc1ccc(C2CCCCC2)cc1.OB(O)c1ccc(Br)cc1. The third-order valence-corrected chi connectivity index (χ3v) is 7.62. The number of hydrogen-bond donors (Lipinski definition) is 2.